The van der Waals surface area contributed by atoms with Gasteiger partial charge in [-0.1, -0.05) is 12.2 Å². The summed E-state index contributed by atoms with van der Waals surface area (Å²) in [6, 6.07) is -0.182. The maximum Gasteiger partial charge on any atom is 0.311 e. The first kappa shape index (κ1) is 11.2. The zero-order valence-corrected chi connectivity index (χ0v) is 9.12. The summed E-state index contributed by atoms with van der Waals surface area (Å²) in [5.41, 5.74) is 5.39. The number of carbonyl (C=O) groups is 1. The maximum absolute atomic E-state index is 11.7. The second-order valence-electron chi connectivity index (χ2n) is 4.72. The summed E-state index contributed by atoms with van der Waals surface area (Å²) in [5, 5.41) is 0. The lowest BCUT2D eigenvalue weighted by Crippen LogP contribution is -2.39. The summed E-state index contributed by atoms with van der Waals surface area (Å²) in [6.45, 7) is 5.61. The zero-order chi connectivity index (χ0) is 10.8. The molecule has 0 bridgehead atoms. The van der Waals surface area contributed by atoms with Crippen LogP contribution in [0.5, 0.6) is 0 Å². The second kappa shape index (κ2) is 4.13. The molecule has 0 amide bonds. The Morgan fingerprint density at radius 2 is 2.14 bits per heavy atom. The van der Waals surface area contributed by atoms with E-state index in [1.165, 1.54) is 0 Å². The molecule has 2 N–H and O–H groups in total. The van der Waals surface area contributed by atoms with Gasteiger partial charge in [-0.25, -0.2) is 0 Å². The van der Waals surface area contributed by atoms with Gasteiger partial charge in [0.15, 0.2) is 0 Å². The van der Waals surface area contributed by atoms with Gasteiger partial charge in [0.25, 0.3) is 0 Å². The second-order valence-corrected chi connectivity index (χ2v) is 4.72. The SMILES string of the molecule is CC(C)(C)OC(=O)C1CCC=CC1N. The van der Waals surface area contributed by atoms with E-state index in [1.807, 2.05) is 32.9 Å². The van der Waals surface area contributed by atoms with Crippen LogP contribution < -0.4 is 5.73 Å². The Bertz CT molecular complexity index is 240. The third kappa shape index (κ3) is 3.14. The van der Waals surface area contributed by atoms with Crippen LogP contribution in [-0.2, 0) is 9.53 Å². The van der Waals surface area contributed by atoms with Gasteiger partial charge in [-0.2, -0.15) is 0 Å². The molecule has 14 heavy (non-hydrogen) atoms. The Morgan fingerprint density at radius 3 is 2.64 bits per heavy atom. The van der Waals surface area contributed by atoms with Crippen molar-refractivity contribution >= 4 is 5.97 Å². The maximum atomic E-state index is 11.7. The van der Waals surface area contributed by atoms with Crippen LogP contribution >= 0.6 is 0 Å². The third-order valence-corrected chi connectivity index (χ3v) is 2.18. The molecular weight excluding hydrogens is 178 g/mol. The van der Waals surface area contributed by atoms with E-state index in [0.29, 0.717) is 0 Å². The topological polar surface area (TPSA) is 52.3 Å². The van der Waals surface area contributed by atoms with Crippen molar-refractivity contribution in [1.82, 2.24) is 0 Å². The van der Waals surface area contributed by atoms with Gasteiger partial charge in [0.2, 0.25) is 0 Å². The Hall–Kier alpha value is -0.830. The lowest BCUT2D eigenvalue weighted by atomic mass is 9.90. The minimum Gasteiger partial charge on any atom is -0.460 e. The molecule has 0 aliphatic heterocycles. The molecule has 0 fully saturated rings. The van der Waals surface area contributed by atoms with Crippen LogP contribution in [0.4, 0.5) is 0 Å². The summed E-state index contributed by atoms with van der Waals surface area (Å²) >= 11 is 0. The van der Waals surface area contributed by atoms with Crippen LogP contribution in [-0.4, -0.2) is 17.6 Å². The fraction of sp³-hybridized carbons (Fsp3) is 0.727. The van der Waals surface area contributed by atoms with Crippen molar-refractivity contribution in [2.75, 3.05) is 0 Å². The first-order valence-electron chi connectivity index (χ1n) is 5.05. The predicted octanol–water partition coefficient (Wildman–Crippen LogP) is 1.62. The van der Waals surface area contributed by atoms with E-state index in [0.717, 1.165) is 12.8 Å². The van der Waals surface area contributed by atoms with Crippen LogP contribution in [0.1, 0.15) is 33.6 Å². The summed E-state index contributed by atoms with van der Waals surface area (Å²) in [7, 11) is 0. The normalized spacial score (nSPS) is 27.4. The van der Waals surface area contributed by atoms with Gasteiger partial charge in [-0.05, 0) is 33.6 Å². The van der Waals surface area contributed by atoms with Gasteiger partial charge >= 0.3 is 5.97 Å². The smallest absolute Gasteiger partial charge is 0.311 e. The number of carbonyl (C=O) groups excluding carboxylic acids is 1. The van der Waals surface area contributed by atoms with Crippen molar-refractivity contribution in [3.05, 3.63) is 12.2 Å². The van der Waals surface area contributed by atoms with E-state index < -0.39 is 5.60 Å². The number of allylic oxidation sites excluding steroid dienone is 1. The van der Waals surface area contributed by atoms with Crippen molar-refractivity contribution in [2.24, 2.45) is 11.7 Å². The van der Waals surface area contributed by atoms with Gasteiger partial charge in [0.05, 0.1) is 5.92 Å². The molecule has 80 valence electrons. The molecule has 3 nitrogen and oxygen atoms in total. The van der Waals surface area contributed by atoms with Crippen molar-refractivity contribution in [3.63, 3.8) is 0 Å². The van der Waals surface area contributed by atoms with E-state index in [4.69, 9.17) is 10.5 Å². The average Bonchev–Trinajstić information content (AvgIpc) is 2.01. The first-order chi connectivity index (χ1) is 6.40. The molecule has 2 unspecified atom stereocenters. The lowest BCUT2D eigenvalue weighted by molar-refractivity contribution is -0.160. The summed E-state index contributed by atoms with van der Waals surface area (Å²) in [4.78, 5) is 11.7. The highest BCUT2D eigenvalue weighted by atomic mass is 16.6. The average molecular weight is 197 g/mol. The van der Waals surface area contributed by atoms with Crippen molar-refractivity contribution in [1.29, 1.82) is 0 Å². The first-order valence-corrected chi connectivity index (χ1v) is 5.05. The standard InChI is InChI=1S/C11H19NO2/c1-11(2,3)14-10(13)8-6-4-5-7-9(8)12/h5,7-9H,4,6,12H2,1-3H3. The van der Waals surface area contributed by atoms with Gasteiger partial charge in [0, 0.05) is 6.04 Å². The molecule has 0 saturated carbocycles. The van der Waals surface area contributed by atoms with E-state index in [9.17, 15) is 4.79 Å². The minimum absolute atomic E-state index is 0.167. The minimum atomic E-state index is -0.419. The zero-order valence-electron chi connectivity index (χ0n) is 9.12. The number of ether oxygens (including phenoxy) is 1. The molecule has 0 saturated heterocycles. The number of rotatable bonds is 1. The molecule has 2 atom stereocenters. The van der Waals surface area contributed by atoms with E-state index in [2.05, 4.69) is 0 Å². The highest BCUT2D eigenvalue weighted by Gasteiger charge is 2.29. The highest BCUT2D eigenvalue weighted by Crippen LogP contribution is 2.21. The van der Waals surface area contributed by atoms with E-state index in [1.54, 1.807) is 0 Å². The van der Waals surface area contributed by atoms with Crippen molar-refractivity contribution in [3.8, 4) is 0 Å². The molecule has 0 spiro atoms. The van der Waals surface area contributed by atoms with Crippen LogP contribution in [0.15, 0.2) is 12.2 Å². The number of esters is 1. The van der Waals surface area contributed by atoms with Crippen LogP contribution in [0.25, 0.3) is 0 Å². The molecule has 0 aromatic carbocycles. The van der Waals surface area contributed by atoms with Gasteiger partial charge in [0.1, 0.15) is 5.60 Å². The molecule has 0 radical (unpaired) electrons. The Kier molecular flexibility index (Phi) is 3.32. The summed E-state index contributed by atoms with van der Waals surface area (Å²) in [5.74, 6) is -0.339. The number of hydrogen-bond acceptors (Lipinski definition) is 3. The molecule has 1 rings (SSSR count). The van der Waals surface area contributed by atoms with Crippen LogP contribution in [0, 0.1) is 5.92 Å². The van der Waals surface area contributed by atoms with Crippen LogP contribution in [0.2, 0.25) is 0 Å². The fourth-order valence-electron chi connectivity index (χ4n) is 1.51. The molecule has 0 aromatic rings. The van der Waals surface area contributed by atoms with Crippen molar-refractivity contribution in [2.45, 2.75) is 45.3 Å². The molecule has 0 heterocycles. The predicted molar refractivity (Wildman–Crippen MR) is 55.7 cm³/mol. The van der Waals surface area contributed by atoms with Crippen LogP contribution in [0.3, 0.4) is 0 Å². The number of hydrogen-bond donors (Lipinski definition) is 1. The summed E-state index contributed by atoms with van der Waals surface area (Å²) < 4.78 is 5.29. The fourth-order valence-corrected chi connectivity index (χ4v) is 1.51. The number of nitrogens with two attached hydrogens (primary N) is 1. The third-order valence-electron chi connectivity index (χ3n) is 2.18. The molecule has 3 heteroatoms. The Balaban J connectivity index is 2.56. The van der Waals surface area contributed by atoms with Gasteiger partial charge in [-0.15, -0.1) is 0 Å². The van der Waals surface area contributed by atoms with Gasteiger partial charge in [-0.3, -0.25) is 4.79 Å². The molecule has 1 aliphatic carbocycles. The van der Waals surface area contributed by atoms with Crippen molar-refractivity contribution < 1.29 is 9.53 Å². The molecule has 0 aromatic heterocycles. The highest BCUT2D eigenvalue weighted by molar-refractivity contribution is 5.74. The molecular formula is C11H19NO2. The summed E-state index contributed by atoms with van der Waals surface area (Å²) in [6.07, 6.45) is 5.62. The van der Waals surface area contributed by atoms with E-state index >= 15 is 0 Å². The van der Waals surface area contributed by atoms with Gasteiger partial charge < -0.3 is 10.5 Å². The Morgan fingerprint density at radius 1 is 1.50 bits per heavy atom. The monoisotopic (exact) mass is 197 g/mol. The quantitative estimate of drug-likeness (QED) is 0.513. The largest absolute Gasteiger partial charge is 0.460 e. The van der Waals surface area contributed by atoms with E-state index in [-0.39, 0.29) is 17.9 Å². The Labute approximate surface area is 85.3 Å². The lowest BCUT2D eigenvalue weighted by Gasteiger charge is -2.27. The molecule has 1 aliphatic rings.